The van der Waals surface area contributed by atoms with E-state index in [0.717, 1.165) is 31.6 Å². The first-order valence-electron chi connectivity index (χ1n) is 7.87. The number of carboxylic acid groups (broad SMARTS) is 1. The molecule has 1 atom stereocenters. The van der Waals surface area contributed by atoms with Crippen molar-refractivity contribution >= 4 is 11.9 Å². The zero-order chi connectivity index (χ0) is 15.9. The van der Waals surface area contributed by atoms with E-state index in [-0.39, 0.29) is 5.91 Å². The summed E-state index contributed by atoms with van der Waals surface area (Å²) in [4.78, 5) is 25.8. The summed E-state index contributed by atoms with van der Waals surface area (Å²) >= 11 is 0. The Balaban J connectivity index is 1.84. The topological polar surface area (TPSA) is 69.6 Å². The number of hydrogen-bond donors (Lipinski definition) is 2. The molecule has 0 radical (unpaired) electrons. The third-order valence-corrected chi connectivity index (χ3v) is 4.00. The smallest absolute Gasteiger partial charge is 0.330 e. The van der Waals surface area contributed by atoms with Crippen LogP contribution in [-0.4, -0.2) is 41.5 Å². The minimum Gasteiger partial charge on any atom is -0.479 e. The summed E-state index contributed by atoms with van der Waals surface area (Å²) in [6.07, 6.45) is 3.61. The number of carboxylic acids is 1. The van der Waals surface area contributed by atoms with Gasteiger partial charge in [-0.3, -0.25) is 4.79 Å². The minimum atomic E-state index is -1.03. The molecule has 1 unspecified atom stereocenters. The van der Waals surface area contributed by atoms with Crippen LogP contribution in [-0.2, 0) is 9.59 Å². The number of aliphatic carboxylic acids is 1. The predicted octanol–water partition coefficient (Wildman–Crippen LogP) is 2.11. The summed E-state index contributed by atoms with van der Waals surface area (Å²) in [5.74, 6) is -1.23. The fraction of sp³-hybridized carbons (Fsp3) is 0.529. The van der Waals surface area contributed by atoms with Gasteiger partial charge in [0.25, 0.3) is 0 Å². The van der Waals surface area contributed by atoms with E-state index in [1.165, 1.54) is 12.8 Å². The second kappa shape index (κ2) is 7.94. The molecule has 0 aliphatic carbocycles. The summed E-state index contributed by atoms with van der Waals surface area (Å²) in [6, 6.07) is 6.26. The third kappa shape index (κ3) is 4.84. The fourth-order valence-corrected chi connectivity index (χ4v) is 2.84. The van der Waals surface area contributed by atoms with Gasteiger partial charge in [-0.2, -0.15) is 0 Å². The van der Waals surface area contributed by atoms with Crippen molar-refractivity contribution in [3.63, 3.8) is 0 Å². The average molecular weight is 304 g/mol. The molecule has 1 aliphatic rings. The zero-order valence-corrected chi connectivity index (χ0v) is 13.0. The third-order valence-electron chi connectivity index (χ3n) is 4.00. The van der Waals surface area contributed by atoms with Gasteiger partial charge in [0.15, 0.2) is 6.04 Å². The molecule has 1 saturated heterocycles. The molecule has 1 fully saturated rings. The molecule has 0 saturated carbocycles. The van der Waals surface area contributed by atoms with Crippen molar-refractivity contribution in [2.45, 2.75) is 38.6 Å². The molecule has 5 heteroatoms. The fourth-order valence-electron chi connectivity index (χ4n) is 2.84. The Morgan fingerprint density at radius 2 is 2.05 bits per heavy atom. The second-order valence-corrected chi connectivity index (χ2v) is 5.91. The maximum Gasteiger partial charge on any atom is 0.330 e. The molecular formula is C17H24N2O3. The summed E-state index contributed by atoms with van der Waals surface area (Å²) in [7, 11) is 0. The summed E-state index contributed by atoms with van der Waals surface area (Å²) < 4.78 is 0. The number of rotatable bonds is 7. The number of nitrogens with zero attached hydrogens (tertiary/aromatic N) is 1. The normalized spacial score (nSPS) is 16.4. The Morgan fingerprint density at radius 1 is 1.32 bits per heavy atom. The Hall–Kier alpha value is -1.88. The Kier molecular flexibility index (Phi) is 5.95. The van der Waals surface area contributed by atoms with E-state index in [0.29, 0.717) is 12.0 Å². The van der Waals surface area contributed by atoms with Crippen LogP contribution in [0.1, 0.15) is 42.9 Å². The van der Waals surface area contributed by atoms with Gasteiger partial charge >= 0.3 is 5.97 Å². The van der Waals surface area contributed by atoms with Crippen molar-refractivity contribution in [3.05, 3.63) is 35.4 Å². The standard InChI is InChI=1S/C17H24N2O3/c1-13-6-4-7-14(12-13)16(17(21)22)18-15(20)8-5-11-19-9-2-3-10-19/h4,6-7,12,16H,2-3,5,8-11H2,1H3,(H,18,20)(H,21,22). The summed E-state index contributed by atoms with van der Waals surface area (Å²) in [5, 5.41) is 12.0. The molecule has 22 heavy (non-hydrogen) atoms. The predicted molar refractivity (Wildman–Crippen MR) is 84.6 cm³/mol. The van der Waals surface area contributed by atoms with Gasteiger partial charge in [0.2, 0.25) is 5.91 Å². The van der Waals surface area contributed by atoms with Crippen molar-refractivity contribution in [1.82, 2.24) is 10.2 Å². The van der Waals surface area contributed by atoms with Crippen LogP contribution >= 0.6 is 0 Å². The van der Waals surface area contributed by atoms with E-state index in [4.69, 9.17) is 0 Å². The average Bonchev–Trinajstić information content (AvgIpc) is 2.97. The van der Waals surface area contributed by atoms with E-state index in [1.54, 1.807) is 18.2 Å². The first-order chi connectivity index (χ1) is 10.6. The number of amides is 1. The molecule has 2 rings (SSSR count). The number of aryl methyl sites for hydroxylation is 1. The van der Waals surface area contributed by atoms with E-state index < -0.39 is 12.0 Å². The van der Waals surface area contributed by atoms with E-state index in [2.05, 4.69) is 10.2 Å². The lowest BCUT2D eigenvalue weighted by molar-refractivity contribution is -0.142. The monoisotopic (exact) mass is 304 g/mol. The Labute approximate surface area is 131 Å². The molecule has 0 bridgehead atoms. The molecule has 1 aliphatic heterocycles. The molecule has 2 N–H and O–H groups in total. The van der Waals surface area contributed by atoms with Gasteiger partial charge in [-0.15, -0.1) is 0 Å². The molecule has 0 spiro atoms. The lowest BCUT2D eigenvalue weighted by Gasteiger charge is -2.17. The van der Waals surface area contributed by atoms with E-state index >= 15 is 0 Å². The number of nitrogens with one attached hydrogen (secondary N) is 1. The maximum absolute atomic E-state index is 12.0. The van der Waals surface area contributed by atoms with E-state index in [1.807, 2.05) is 13.0 Å². The lowest BCUT2D eigenvalue weighted by atomic mass is 10.0. The van der Waals surface area contributed by atoms with Gasteiger partial charge in [0.05, 0.1) is 0 Å². The van der Waals surface area contributed by atoms with Crippen LogP contribution in [0.3, 0.4) is 0 Å². The highest BCUT2D eigenvalue weighted by molar-refractivity contribution is 5.84. The Bertz CT molecular complexity index is 524. The maximum atomic E-state index is 12.0. The van der Waals surface area contributed by atoms with Crippen molar-refractivity contribution in [2.75, 3.05) is 19.6 Å². The van der Waals surface area contributed by atoms with Crippen LogP contribution < -0.4 is 5.32 Å². The molecule has 1 heterocycles. The quantitative estimate of drug-likeness (QED) is 0.809. The molecule has 120 valence electrons. The minimum absolute atomic E-state index is 0.201. The first-order valence-corrected chi connectivity index (χ1v) is 7.87. The lowest BCUT2D eigenvalue weighted by Crippen LogP contribution is -2.34. The van der Waals surface area contributed by atoms with Gasteiger partial charge in [-0.1, -0.05) is 29.8 Å². The van der Waals surface area contributed by atoms with Crippen molar-refractivity contribution in [2.24, 2.45) is 0 Å². The van der Waals surface area contributed by atoms with Crippen LogP contribution in [0.25, 0.3) is 0 Å². The highest BCUT2D eigenvalue weighted by atomic mass is 16.4. The van der Waals surface area contributed by atoms with Gasteiger partial charge in [0, 0.05) is 6.42 Å². The zero-order valence-electron chi connectivity index (χ0n) is 13.0. The molecule has 0 aromatic heterocycles. The van der Waals surface area contributed by atoms with E-state index in [9.17, 15) is 14.7 Å². The number of hydrogen-bond acceptors (Lipinski definition) is 3. The highest BCUT2D eigenvalue weighted by Crippen LogP contribution is 2.15. The largest absolute Gasteiger partial charge is 0.479 e. The van der Waals surface area contributed by atoms with Gasteiger partial charge < -0.3 is 15.3 Å². The molecule has 5 nitrogen and oxygen atoms in total. The van der Waals surface area contributed by atoms with Gasteiger partial charge in [0.1, 0.15) is 0 Å². The van der Waals surface area contributed by atoms with Crippen molar-refractivity contribution in [1.29, 1.82) is 0 Å². The number of carbonyl (C=O) groups is 2. The van der Waals surface area contributed by atoms with Gasteiger partial charge in [-0.25, -0.2) is 4.79 Å². The first kappa shape index (κ1) is 16.5. The van der Waals surface area contributed by atoms with Crippen LogP contribution in [0.2, 0.25) is 0 Å². The molecule has 1 aromatic carbocycles. The van der Waals surface area contributed by atoms with Crippen molar-refractivity contribution < 1.29 is 14.7 Å². The van der Waals surface area contributed by atoms with Crippen LogP contribution in [0.5, 0.6) is 0 Å². The highest BCUT2D eigenvalue weighted by Gasteiger charge is 2.22. The molecule has 1 amide bonds. The number of likely N-dealkylation sites (tertiary alicyclic amines) is 1. The Morgan fingerprint density at radius 3 is 2.68 bits per heavy atom. The number of carbonyl (C=O) groups excluding carboxylic acids is 1. The molecular weight excluding hydrogens is 280 g/mol. The van der Waals surface area contributed by atoms with Crippen LogP contribution in [0.15, 0.2) is 24.3 Å². The summed E-state index contributed by atoms with van der Waals surface area (Å²) in [5.41, 5.74) is 1.59. The van der Waals surface area contributed by atoms with Crippen LogP contribution in [0.4, 0.5) is 0 Å². The number of benzene rings is 1. The van der Waals surface area contributed by atoms with Crippen molar-refractivity contribution in [3.8, 4) is 0 Å². The van der Waals surface area contributed by atoms with Gasteiger partial charge in [-0.05, 0) is 51.4 Å². The van der Waals surface area contributed by atoms with Crippen LogP contribution in [0, 0.1) is 6.92 Å². The summed E-state index contributed by atoms with van der Waals surface area (Å²) in [6.45, 7) is 5.04. The second-order valence-electron chi connectivity index (χ2n) is 5.91. The molecule has 1 aromatic rings. The SMILES string of the molecule is Cc1cccc(C(NC(=O)CCCN2CCCC2)C(=O)O)c1.